The van der Waals surface area contributed by atoms with Crippen molar-refractivity contribution in [3.63, 3.8) is 0 Å². The van der Waals surface area contributed by atoms with Gasteiger partial charge < -0.3 is 5.32 Å². The summed E-state index contributed by atoms with van der Waals surface area (Å²) in [6, 6.07) is 9.21. The first-order chi connectivity index (χ1) is 10.6. The maximum absolute atomic E-state index is 11.7. The number of benzene rings is 1. The molecule has 1 fully saturated rings. The minimum Gasteiger partial charge on any atom is -0.326 e. The lowest BCUT2D eigenvalue weighted by molar-refractivity contribution is -0.124. The van der Waals surface area contributed by atoms with E-state index in [2.05, 4.69) is 22.8 Å². The SMILES string of the molecule is CC1CCC/C(=N\NC(=O)CCC(=O)Nc2ccccc2)C1. The minimum atomic E-state index is -0.214. The van der Waals surface area contributed by atoms with Crippen molar-refractivity contribution in [3.8, 4) is 0 Å². The predicted octanol–water partition coefficient (Wildman–Crippen LogP) is 3.09. The van der Waals surface area contributed by atoms with Crippen LogP contribution in [0.4, 0.5) is 5.69 Å². The number of para-hydroxylation sites is 1. The van der Waals surface area contributed by atoms with E-state index in [0.717, 1.165) is 30.7 Å². The van der Waals surface area contributed by atoms with Gasteiger partial charge in [0.25, 0.3) is 0 Å². The fourth-order valence-electron chi connectivity index (χ4n) is 2.53. The maximum Gasteiger partial charge on any atom is 0.240 e. The highest BCUT2D eigenvalue weighted by molar-refractivity contribution is 5.93. The van der Waals surface area contributed by atoms with E-state index in [1.165, 1.54) is 6.42 Å². The van der Waals surface area contributed by atoms with E-state index in [-0.39, 0.29) is 24.7 Å². The van der Waals surface area contributed by atoms with Gasteiger partial charge in [0.15, 0.2) is 0 Å². The van der Waals surface area contributed by atoms with Crippen molar-refractivity contribution in [1.29, 1.82) is 0 Å². The molecule has 5 heteroatoms. The summed E-state index contributed by atoms with van der Waals surface area (Å²) in [6.45, 7) is 2.20. The zero-order chi connectivity index (χ0) is 15.8. The summed E-state index contributed by atoms with van der Waals surface area (Å²) in [5, 5.41) is 6.93. The molecule has 22 heavy (non-hydrogen) atoms. The van der Waals surface area contributed by atoms with E-state index in [4.69, 9.17) is 0 Å². The number of carbonyl (C=O) groups is 2. The number of nitrogens with one attached hydrogen (secondary N) is 2. The predicted molar refractivity (Wildman–Crippen MR) is 87.5 cm³/mol. The van der Waals surface area contributed by atoms with Gasteiger partial charge >= 0.3 is 0 Å². The number of carbonyl (C=O) groups excluding carboxylic acids is 2. The van der Waals surface area contributed by atoms with Crippen LogP contribution in [0, 0.1) is 5.92 Å². The van der Waals surface area contributed by atoms with Crippen LogP contribution in [0.2, 0.25) is 0 Å². The van der Waals surface area contributed by atoms with Crippen LogP contribution in [-0.4, -0.2) is 17.5 Å². The molecule has 2 N–H and O–H groups in total. The lowest BCUT2D eigenvalue weighted by Gasteiger charge is -2.18. The van der Waals surface area contributed by atoms with E-state index < -0.39 is 0 Å². The Morgan fingerprint density at radius 1 is 1.18 bits per heavy atom. The van der Waals surface area contributed by atoms with Gasteiger partial charge in [0.1, 0.15) is 0 Å². The van der Waals surface area contributed by atoms with E-state index in [9.17, 15) is 9.59 Å². The number of nitrogens with zero attached hydrogens (tertiary/aromatic N) is 1. The topological polar surface area (TPSA) is 70.6 Å². The average Bonchev–Trinajstić information content (AvgIpc) is 2.52. The fourth-order valence-corrected chi connectivity index (χ4v) is 2.53. The van der Waals surface area contributed by atoms with Crippen LogP contribution >= 0.6 is 0 Å². The van der Waals surface area contributed by atoms with Crippen molar-refractivity contribution in [2.45, 2.75) is 45.4 Å². The maximum atomic E-state index is 11.7. The first kappa shape index (κ1) is 16.2. The highest BCUT2D eigenvalue weighted by Gasteiger charge is 2.14. The van der Waals surface area contributed by atoms with E-state index in [0.29, 0.717) is 5.92 Å². The van der Waals surface area contributed by atoms with Crippen molar-refractivity contribution >= 4 is 23.2 Å². The Morgan fingerprint density at radius 2 is 1.91 bits per heavy atom. The molecule has 0 aliphatic heterocycles. The Kier molecular flexibility index (Phi) is 6.13. The van der Waals surface area contributed by atoms with Gasteiger partial charge in [0.2, 0.25) is 11.8 Å². The molecule has 1 aliphatic carbocycles. The van der Waals surface area contributed by atoms with Crippen LogP contribution in [-0.2, 0) is 9.59 Å². The average molecular weight is 301 g/mol. The second kappa shape index (κ2) is 8.32. The van der Waals surface area contributed by atoms with Crippen molar-refractivity contribution in [2.24, 2.45) is 11.0 Å². The van der Waals surface area contributed by atoms with E-state index in [1.54, 1.807) is 0 Å². The first-order valence-electron chi connectivity index (χ1n) is 7.82. The molecule has 1 aromatic carbocycles. The molecular weight excluding hydrogens is 278 g/mol. The highest BCUT2D eigenvalue weighted by Crippen LogP contribution is 2.20. The van der Waals surface area contributed by atoms with Crippen LogP contribution in [0.3, 0.4) is 0 Å². The number of rotatable bonds is 5. The number of anilines is 1. The Bertz CT molecular complexity index is 540. The highest BCUT2D eigenvalue weighted by atomic mass is 16.2. The van der Waals surface area contributed by atoms with Crippen LogP contribution in [0.1, 0.15) is 45.4 Å². The monoisotopic (exact) mass is 301 g/mol. The molecule has 1 atom stereocenters. The number of hydrazone groups is 1. The smallest absolute Gasteiger partial charge is 0.240 e. The molecule has 0 radical (unpaired) electrons. The zero-order valence-electron chi connectivity index (χ0n) is 13.0. The second-order valence-electron chi connectivity index (χ2n) is 5.83. The van der Waals surface area contributed by atoms with Gasteiger partial charge in [-0.2, -0.15) is 5.10 Å². The molecular formula is C17H23N3O2. The van der Waals surface area contributed by atoms with Crippen molar-refractivity contribution in [3.05, 3.63) is 30.3 Å². The summed E-state index contributed by atoms with van der Waals surface area (Å²) in [6.07, 6.45) is 4.57. The Labute approximate surface area is 131 Å². The molecule has 1 unspecified atom stereocenters. The van der Waals surface area contributed by atoms with Crippen molar-refractivity contribution in [2.75, 3.05) is 5.32 Å². The van der Waals surface area contributed by atoms with Gasteiger partial charge in [-0.25, -0.2) is 5.43 Å². The Balaban J connectivity index is 1.69. The van der Waals surface area contributed by atoms with Gasteiger partial charge in [-0.05, 0) is 43.7 Å². The van der Waals surface area contributed by atoms with Gasteiger partial charge in [0.05, 0.1) is 0 Å². The Morgan fingerprint density at radius 3 is 2.64 bits per heavy atom. The lowest BCUT2D eigenvalue weighted by Crippen LogP contribution is -2.23. The molecule has 0 aromatic heterocycles. The molecule has 1 aromatic rings. The quantitative estimate of drug-likeness (QED) is 0.820. The summed E-state index contributed by atoms with van der Waals surface area (Å²) in [4.78, 5) is 23.5. The third-order valence-electron chi connectivity index (χ3n) is 3.72. The summed E-state index contributed by atoms with van der Waals surface area (Å²) in [5.74, 6) is 0.260. The lowest BCUT2D eigenvalue weighted by atomic mass is 9.89. The second-order valence-corrected chi connectivity index (χ2v) is 5.83. The third-order valence-corrected chi connectivity index (χ3v) is 3.72. The summed E-state index contributed by atoms with van der Waals surface area (Å²) < 4.78 is 0. The van der Waals surface area contributed by atoms with Crippen LogP contribution < -0.4 is 10.7 Å². The molecule has 2 rings (SSSR count). The molecule has 1 saturated carbocycles. The van der Waals surface area contributed by atoms with Crippen LogP contribution in [0.5, 0.6) is 0 Å². The third kappa shape index (κ3) is 5.68. The molecule has 0 bridgehead atoms. The van der Waals surface area contributed by atoms with Crippen molar-refractivity contribution in [1.82, 2.24) is 5.43 Å². The van der Waals surface area contributed by atoms with E-state index in [1.807, 2.05) is 30.3 Å². The van der Waals surface area contributed by atoms with Gasteiger partial charge in [-0.3, -0.25) is 9.59 Å². The van der Waals surface area contributed by atoms with Gasteiger partial charge in [-0.1, -0.05) is 25.1 Å². The first-order valence-corrected chi connectivity index (χ1v) is 7.82. The van der Waals surface area contributed by atoms with Crippen LogP contribution in [0.15, 0.2) is 35.4 Å². The fraction of sp³-hybridized carbons (Fsp3) is 0.471. The minimum absolute atomic E-state index is 0.144. The largest absolute Gasteiger partial charge is 0.326 e. The molecule has 0 heterocycles. The molecule has 0 saturated heterocycles. The van der Waals surface area contributed by atoms with Crippen LogP contribution in [0.25, 0.3) is 0 Å². The van der Waals surface area contributed by atoms with E-state index >= 15 is 0 Å². The summed E-state index contributed by atoms with van der Waals surface area (Å²) in [5.41, 5.74) is 4.36. The number of hydrogen-bond acceptors (Lipinski definition) is 3. The molecule has 0 spiro atoms. The van der Waals surface area contributed by atoms with Gasteiger partial charge in [-0.15, -0.1) is 0 Å². The summed E-state index contributed by atoms with van der Waals surface area (Å²) in [7, 11) is 0. The van der Waals surface area contributed by atoms with Gasteiger partial charge in [0, 0.05) is 24.2 Å². The zero-order valence-corrected chi connectivity index (χ0v) is 13.0. The summed E-state index contributed by atoms with van der Waals surface area (Å²) >= 11 is 0. The molecule has 2 amide bonds. The van der Waals surface area contributed by atoms with Crippen molar-refractivity contribution < 1.29 is 9.59 Å². The normalized spacial score (nSPS) is 19.7. The molecule has 5 nitrogen and oxygen atoms in total. The molecule has 1 aliphatic rings. The standard InChI is InChI=1S/C17H23N3O2/c1-13-6-5-9-15(12-13)19-20-17(22)11-10-16(21)18-14-7-3-2-4-8-14/h2-4,7-8,13H,5-6,9-12H2,1H3,(H,18,21)(H,20,22)/b19-15+. The number of amides is 2. The number of hydrogen-bond donors (Lipinski definition) is 2. The molecule has 118 valence electrons. The Hall–Kier alpha value is -2.17.